The molecular weight excluding hydrogens is 561 g/mol. The van der Waals surface area contributed by atoms with Gasteiger partial charge in [-0.1, -0.05) is 0 Å². The minimum absolute atomic E-state index is 3.72. The van der Waals surface area contributed by atoms with Gasteiger partial charge in [0.15, 0.2) is 0 Å². The zero-order chi connectivity index (χ0) is 30.2. The molecule has 0 aromatic carbocycles. The van der Waals surface area contributed by atoms with Gasteiger partial charge in [0, 0.05) is 13.0 Å². The average Bonchev–Trinajstić information content (AvgIpc) is 2.57. The second kappa shape index (κ2) is 8.00. The summed E-state index contributed by atoms with van der Waals surface area (Å²) in [5.74, 6) is -78.4. The average molecular weight is 568 g/mol. The van der Waals surface area contributed by atoms with Crippen LogP contribution in [0.3, 0.4) is 0 Å². The van der Waals surface area contributed by atoms with E-state index in [2.05, 4.69) is 0 Å². The minimum atomic E-state index is -9.26. The van der Waals surface area contributed by atoms with Crippen LogP contribution in [0.2, 0.25) is 0 Å². The molecule has 22 heteroatoms. The maximum Gasteiger partial charge on any atom is 0.460 e. The second-order valence-corrected chi connectivity index (χ2v) is 6.13. The Kier molecular flexibility index (Phi) is 6.76. The summed E-state index contributed by atoms with van der Waals surface area (Å²) >= 11 is 0. The Morgan fingerprint density at radius 3 is 0.794 bits per heavy atom. The van der Waals surface area contributed by atoms with Crippen molar-refractivity contribution in [3.8, 4) is 0 Å². The van der Waals surface area contributed by atoms with Crippen molar-refractivity contribution in [2.45, 2.75) is 65.9 Å². The molecule has 0 fully saturated rings. The lowest BCUT2D eigenvalue weighted by Gasteiger charge is -2.44. The van der Waals surface area contributed by atoms with Crippen LogP contribution in [0.4, 0.5) is 92.2 Å². The molecule has 0 bridgehead atoms. The first kappa shape index (κ1) is 28.7. The van der Waals surface area contributed by atoms with Crippen LogP contribution in [0.5, 0.6) is 0 Å². The lowest BCUT2D eigenvalue weighted by atomic mass is 9.87. The maximum atomic E-state index is 13.4. The largest absolute Gasteiger partial charge is 0.460 e. The van der Waals surface area contributed by atoms with E-state index in [9.17, 15) is 92.2 Å². The van der Waals surface area contributed by atoms with Crippen molar-refractivity contribution < 1.29 is 100 Å². The Hall–Kier alpha value is -1.51. The zero-order valence-electron chi connectivity index (χ0n) is 16.6. The summed E-state index contributed by atoms with van der Waals surface area (Å²) in [6.45, 7) is -4.75. The fraction of sp³-hybridized carbons (Fsp3) is 1.00. The highest BCUT2D eigenvalue weighted by Gasteiger charge is 2.97. The van der Waals surface area contributed by atoms with E-state index >= 15 is 0 Å². The lowest BCUT2D eigenvalue weighted by Crippen LogP contribution is -2.76. The van der Waals surface area contributed by atoms with Gasteiger partial charge in [0.25, 0.3) is 0 Å². The summed E-state index contributed by atoms with van der Waals surface area (Å²) in [7, 11) is 0. The summed E-state index contributed by atoms with van der Waals surface area (Å²) in [6, 6.07) is 0. The predicted molar refractivity (Wildman–Crippen MR) is 62.3 cm³/mol. The molecule has 0 aliphatic heterocycles. The third-order valence-corrected chi connectivity index (χ3v) is 3.88. The molecule has 0 saturated carbocycles. The van der Waals surface area contributed by atoms with E-state index in [0.29, 0.717) is 0 Å². The van der Waals surface area contributed by atoms with Crippen molar-refractivity contribution in [3.05, 3.63) is 0 Å². The molecule has 1 N–H and O–H groups in total. The van der Waals surface area contributed by atoms with E-state index in [1.165, 1.54) is 0 Å². The van der Waals surface area contributed by atoms with Crippen LogP contribution in [0.15, 0.2) is 0 Å². The van der Waals surface area contributed by atoms with Crippen molar-refractivity contribution in [2.75, 3.05) is 6.56 Å². The Labute approximate surface area is 174 Å². The molecule has 0 saturated heterocycles. The van der Waals surface area contributed by atoms with Crippen LogP contribution in [0.1, 0.15) is 9.16 Å². The molecule has 0 spiro atoms. The lowest BCUT2D eigenvalue weighted by molar-refractivity contribution is -0.474. The van der Waals surface area contributed by atoms with Gasteiger partial charge in [-0.2, -0.15) is 92.2 Å². The molecule has 34 heavy (non-hydrogen) atoms. The molecule has 0 heterocycles. The van der Waals surface area contributed by atoms with Crippen LogP contribution < -0.4 is 0 Å². The van der Waals surface area contributed by atoms with Crippen molar-refractivity contribution >= 4 is 0 Å². The minimum Gasteiger partial charge on any atom is -0.396 e. The van der Waals surface area contributed by atoms with Crippen LogP contribution >= 0.6 is 0 Å². The zero-order valence-corrected chi connectivity index (χ0v) is 14.6. The molecule has 0 atom stereocenters. The summed E-state index contributed by atoms with van der Waals surface area (Å²) in [4.78, 5) is 0. The number of hydrogen-bond acceptors (Lipinski definition) is 1. The van der Waals surface area contributed by atoms with Gasteiger partial charge in [-0.3, -0.25) is 0 Å². The van der Waals surface area contributed by atoms with E-state index in [-0.39, 0.29) is 0 Å². The first-order chi connectivity index (χ1) is 15.0. The third kappa shape index (κ3) is 3.80. The normalized spacial score (nSPS) is 18.1. The fourth-order valence-electron chi connectivity index (χ4n) is 1.80. The number of hydrogen-bond donors (Lipinski definition) is 1. The number of aliphatic hydroxyl groups is 1. The van der Waals surface area contributed by atoms with Gasteiger partial charge >= 0.3 is 59.5 Å². The molecule has 206 valence electrons. The standard InChI is InChI=1S/C12H5F21O/c13-3(14,1-2-34)4(15,16)5(17,18)6(19,20)7(21,22)8(23,24)9(25,26)10(27,28)11(29,30)12(31,32)33/h34H,1-2H2/i1+1,2+1D2. The topological polar surface area (TPSA) is 20.2 Å². The monoisotopic (exact) mass is 568 g/mol. The van der Waals surface area contributed by atoms with E-state index in [4.69, 9.17) is 7.85 Å². The molecule has 0 aromatic rings. The van der Waals surface area contributed by atoms with E-state index in [0.717, 1.165) is 0 Å². The smallest absolute Gasteiger partial charge is 0.396 e. The van der Waals surface area contributed by atoms with Crippen molar-refractivity contribution in [2.24, 2.45) is 0 Å². The van der Waals surface area contributed by atoms with Crippen LogP contribution in [-0.2, 0) is 0 Å². The summed E-state index contributed by atoms with van der Waals surface area (Å²) < 4.78 is 286. The Morgan fingerprint density at radius 2 is 0.588 bits per heavy atom. The van der Waals surface area contributed by atoms with Crippen molar-refractivity contribution in [1.82, 2.24) is 0 Å². The number of rotatable bonds is 10. The Morgan fingerprint density at radius 1 is 0.382 bits per heavy atom. The molecule has 0 amide bonds. The molecule has 1 nitrogen and oxygen atoms in total. The molecule has 0 radical (unpaired) electrons. The quantitative estimate of drug-likeness (QED) is 0.231. The molecule has 0 unspecified atom stereocenters. The third-order valence-electron chi connectivity index (χ3n) is 3.88. The van der Waals surface area contributed by atoms with Gasteiger partial charge in [-0.05, 0) is 0 Å². The van der Waals surface area contributed by atoms with Gasteiger partial charge in [-0.15, -0.1) is 0 Å². The van der Waals surface area contributed by atoms with E-state index in [1.807, 2.05) is 0 Å². The van der Waals surface area contributed by atoms with Gasteiger partial charge in [0.1, 0.15) is 0 Å². The van der Waals surface area contributed by atoms with Gasteiger partial charge in [-0.25, -0.2) is 0 Å². The molecular formula is C12H5F21O. The number of alkyl halides is 21. The summed E-state index contributed by atoms with van der Waals surface area (Å²) in [5, 5.41) is 8.29. The Bertz CT molecular complexity index is 807. The summed E-state index contributed by atoms with van der Waals surface area (Å²) in [5.41, 5.74) is 0. The highest BCUT2D eigenvalue weighted by Crippen LogP contribution is 2.66. The first-order valence-electron chi connectivity index (χ1n) is 8.15. The predicted octanol–water partition coefficient (Wildman–Crippen LogP) is 6.65. The molecule has 0 aromatic heterocycles. The fourth-order valence-corrected chi connectivity index (χ4v) is 1.80. The van der Waals surface area contributed by atoms with Crippen LogP contribution in [0.25, 0.3) is 0 Å². The SMILES string of the molecule is [2H][13C]([2H])(O)[13CH2]C(F)(F)C(F)(F)C(F)(F)C(F)(F)C(F)(F)C(F)(F)C(F)(F)C(F)(F)C(F)(F)C(F)(F)F. The Balaban J connectivity index is 7.06. The molecule has 0 rings (SSSR count). The maximum absolute atomic E-state index is 13.4. The first-order valence-corrected chi connectivity index (χ1v) is 7.15. The van der Waals surface area contributed by atoms with Crippen molar-refractivity contribution in [1.29, 1.82) is 0 Å². The van der Waals surface area contributed by atoms with Crippen molar-refractivity contribution in [3.63, 3.8) is 0 Å². The summed E-state index contributed by atoms with van der Waals surface area (Å²) in [6.07, 6.45) is -11.8. The second-order valence-electron chi connectivity index (χ2n) is 6.13. The molecule has 0 aliphatic carbocycles. The van der Waals surface area contributed by atoms with Crippen LogP contribution in [0, 0.1) is 0 Å². The van der Waals surface area contributed by atoms with E-state index < -0.39 is 72.5 Å². The van der Waals surface area contributed by atoms with Gasteiger partial charge in [0.05, 0.1) is 2.74 Å². The highest BCUT2D eigenvalue weighted by atomic mass is 19.4. The highest BCUT2D eigenvalue weighted by molar-refractivity contribution is 5.17. The van der Waals surface area contributed by atoms with E-state index in [1.54, 1.807) is 0 Å². The van der Waals surface area contributed by atoms with Crippen LogP contribution in [-0.4, -0.2) is 71.1 Å². The van der Waals surface area contributed by atoms with Gasteiger partial charge in [0.2, 0.25) is 0 Å². The molecule has 0 aliphatic rings. The van der Waals surface area contributed by atoms with Gasteiger partial charge < -0.3 is 5.11 Å². The number of halogens is 21.